The summed E-state index contributed by atoms with van der Waals surface area (Å²) < 4.78 is 0. The van der Waals surface area contributed by atoms with Crippen LogP contribution in [0.3, 0.4) is 0 Å². The van der Waals surface area contributed by atoms with Crippen LogP contribution >= 0.6 is 0 Å². The van der Waals surface area contributed by atoms with Crippen molar-refractivity contribution in [1.29, 1.82) is 0 Å². The Morgan fingerprint density at radius 3 is 2.44 bits per heavy atom. The first-order valence-corrected chi connectivity index (χ1v) is 3.12. The second kappa shape index (κ2) is 1.82. The van der Waals surface area contributed by atoms with E-state index in [9.17, 15) is 5.11 Å². The summed E-state index contributed by atoms with van der Waals surface area (Å²) >= 11 is 0. The van der Waals surface area contributed by atoms with Gasteiger partial charge < -0.3 is 10.2 Å². The average Bonchev–Trinajstić information content (AvgIpc) is 1.79. The second-order valence-electron chi connectivity index (χ2n) is 2.90. The molecule has 0 amide bonds. The van der Waals surface area contributed by atoms with Crippen LogP contribution in [0.1, 0.15) is 20.3 Å². The first-order chi connectivity index (χ1) is 4.02. The minimum atomic E-state index is -0.764. The average molecular weight is 128 g/mol. The van der Waals surface area contributed by atoms with E-state index in [1.54, 1.807) is 13.0 Å². The van der Waals surface area contributed by atoms with Crippen LogP contribution in [0.5, 0.6) is 0 Å². The fourth-order valence-corrected chi connectivity index (χ4v) is 1.10. The summed E-state index contributed by atoms with van der Waals surface area (Å²) in [5, 5.41) is 18.4. The van der Waals surface area contributed by atoms with Crippen molar-refractivity contribution in [2.24, 2.45) is 0 Å². The predicted octanol–water partition coefficient (Wildman–Crippen LogP) is 0.448. The number of aliphatic hydroxyl groups excluding tert-OH is 1. The number of hydrogen-bond acceptors (Lipinski definition) is 2. The van der Waals surface area contributed by atoms with Gasteiger partial charge in [-0.3, -0.25) is 0 Å². The molecule has 0 heterocycles. The van der Waals surface area contributed by atoms with Crippen LogP contribution in [0.2, 0.25) is 0 Å². The number of rotatable bonds is 0. The zero-order valence-electron chi connectivity index (χ0n) is 5.76. The Labute approximate surface area is 54.8 Å². The molecule has 0 fully saturated rings. The van der Waals surface area contributed by atoms with Gasteiger partial charge in [0, 0.05) is 6.42 Å². The third-order valence-electron chi connectivity index (χ3n) is 1.90. The van der Waals surface area contributed by atoms with Crippen LogP contribution in [0.15, 0.2) is 11.6 Å². The SMILES string of the molecule is CC1=C[C@H](O)C[C@]1(C)O. The van der Waals surface area contributed by atoms with Gasteiger partial charge in [-0.05, 0) is 19.4 Å². The van der Waals surface area contributed by atoms with Gasteiger partial charge in [-0.25, -0.2) is 0 Å². The van der Waals surface area contributed by atoms with Crippen molar-refractivity contribution in [3.8, 4) is 0 Å². The molecule has 2 N–H and O–H groups in total. The van der Waals surface area contributed by atoms with Crippen molar-refractivity contribution in [3.05, 3.63) is 11.6 Å². The van der Waals surface area contributed by atoms with E-state index >= 15 is 0 Å². The Morgan fingerprint density at radius 1 is 1.78 bits per heavy atom. The molecular weight excluding hydrogens is 116 g/mol. The van der Waals surface area contributed by atoms with Crippen LogP contribution in [-0.4, -0.2) is 21.9 Å². The molecule has 0 unspecified atom stereocenters. The predicted molar refractivity (Wildman–Crippen MR) is 35.0 cm³/mol. The Kier molecular flexibility index (Phi) is 1.37. The van der Waals surface area contributed by atoms with E-state index in [4.69, 9.17) is 5.11 Å². The minimum Gasteiger partial charge on any atom is -0.389 e. The third kappa shape index (κ3) is 1.14. The molecule has 2 heteroatoms. The molecule has 0 saturated carbocycles. The topological polar surface area (TPSA) is 40.5 Å². The largest absolute Gasteiger partial charge is 0.389 e. The van der Waals surface area contributed by atoms with Gasteiger partial charge in [0.2, 0.25) is 0 Å². The van der Waals surface area contributed by atoms with Gasteiger partial charge >= 0.3 is 0 Å². The zero-order chi connectivity index (χ0) is 7.07. The van der Waals surface area contributed by atoms with Gasteiger partial charge in [-0.2, -0.15) is 0 Å². The zero-order valence-corrected chi connectivity index (χ0v) is 5.76. The molecule has 2 nitrogen and oxygen atoms in total. The van der Waals surface area contributed by atoms with E-state index in [0.717, 1.165) is 5.57 Å². The summed E-state index contributed by atoms with van der Waals surface area (Å²) in [6.07, 6.45) is 1.69. The molecule has 0 aromatic heterocycles. The van der Waals surface area contributed by atoms with Crippen molar-refractivity contribution in [1.82, 2.24) is 0 Å². The molecule has 9 heavy (non-hydrogen) atoms. The molecule has 2 atom stereocenters. The smallest absolute Gasteiger partial charge is 0.0854 e. The summed E-state index contributed by atoms with van der Waals surface area (Å²) in [6, 6.07) is 0. The van der Waals surface area contributed by atoms with Gasteiger partial charge in [0.15, 0.2) is 0 Å². The highest BCUT2D eigenvalue weighted by Crippen LogP contribution is 2.28. The Bertz CT molecular complexity index is 147. The standard InChI is InChI=1S/C7H12O2/c1-5-3-6(8)4-7(5,2)9/h3,6,8-9H,4H2,1-2H3/t6-,7-/m0/s1. The van der Waals surface area contributed by atoms with Crippen LogP contribution in [0.4, 0.5) is 0 Å². The molecule has 52 valence electrons. The lowest BCUT2D eigenvalue weighted by Crippen LogP contribution is -2.23. The van der Waals surface area contributed by atoms with E-state index in [2.05, 4.69) is 0 Å². The molecule has 0 spiro atoms. The lowest BCUT2D eigenvalue weighted by Gasteiger charge is -2.17. The van der Waals surface area contributed by atoms with Gasteiger partial charge in [0.05, 0.1) is 11.7 Å². The summed E-state index contributed by atoms with van der Waals surface area (Å²) in [5.74, 6) is 0. The van der Waals surface area contributed by atoms with Gasteiger partial charge in [-0.15, -0.1) is 0 Å². The van der Waals surface area contributed by atoms with E-state index in [-0.39, 0.29) is 0 Å². The van der Waals surface area contributed by atoms with E-state index in [0.29, 0.717) is 6.42 Å². The molecule has 1 rings (SSSR count). The van der Waals surface area contributed by atoms with E-state index in [1.807, 2.05) is 6.92 Å². The van der Waals surface area contributed by atoms with E-state index in [1.165, 1.54) is 0 Å². The van der Waals surface area contributed by atoms with Crippen molar-refractivity contribution in [2.75, 3.05) is 0 Å². The highest BCUT2D eigenvalue weighted by molar-refractivity contribution is 5.21. The highest BCUT2D eigenvalue weighted by atomic mass is 16.3. The molecule has 1 aliphatic rings. The van der Waals surface area contributed by atoms with Gasteiger partial charge in [0.25, 0.3) is 0 Å². The van der Waals surface area contributed by atoms with Crippen molar-refractivity contribution >= 4 is 0 Å². The quantitative estimate of drug-likeness (QED) is 0.465. The first-order valence-electron chi connectivity index (χ1n) is 3.12. The van der Waals surface area contributed by atoms with Crippen LogP contribution in [-0.2, 0) is 0 Å². The van der Waals surface area contributed by atoms with Crippen LogP contribution in [0, 0.1) is 0 Å². The Morgan fingerprint density at radius 2 is 2.33 bits per heavy atom. The fraction of sp³-hybridized carbons (Fsp3) is 0.714. The summed E-state index contributed by atoms with van der Waals surface area (Å²) in [5.41, 5.74) is 0.106. The van der Waals surface area contributed by atoms with Crippen molar-refractivity contribution < 1.29 is 10.2 Å². The van der Waals surface area contributed by atoms with Crippen molar-refractivity contribution in [2.45, 2.75) is 32.0 Å². The van der Waals surface area contributed by atoms with E-state index < -0.39 is 11.7 Å². The molecule has 0 radical (unpaired) electrons. The normalized spacial score (nSPS) is 43.1. The van der Waals surface area contributed by atoms with Gasteiger partial charge in [0.1, 0.15) is 0 Å². The minimum absolute atomic E-state index is 0.443. The Balaban J connectivity index is 2.76. The maximum absolute atomic E-state index is 9.41. The monoisotopic (exact) mass is 128 g/mol. The molecule has 1 aliphatic carbocycles. The Hall–Kier alpha value is -0.340. The van der Waals surface area contributed by atoms with Crippen molar-refractivity contribution in [3.63, 3.8) is 0 Å². The number of hydrogen-bond donors (Lipinski definition) is 2. The lowest BCUT2D eigenvalue weighted by atomic mass is 10.00. The fourth-order valence-electron chi connectivity index (χ4n) is 1.10. The number of aliphatic hydroxyl groups is 2. The third-order valence-corrected chi connectivity index (χ3v) is 1.90. The highest BCUT2D eigenvalue weighted by Gasteiger charge is 2.31. The molecule has 0 saturated heterocycles. The summed E-state index contributed by atoms with van der Waals surface area (Å²) in [7, 11) is 0. The summed E-state index contributed by atoms with van der Waals surface area (Å²) in [4.78, 5) is 0. The molecule has 0 bridgehead atoms. The maximum Gasteiger partial charge on any atom is 0.0854 e. The first kappa shape index (κ1) is 6.78. The lowest BCUT2D eigenvalue weighted by molar-refractivity contribution is 0.0665. The van der Waals surface area contributed by atoms with Crippen LogP contribution < -0.4 is 0 Å². The molecule has 0 aromatic carbocycles. The van der Waals surface area contributed by atoms with Crippen LogP contribution in [0.25, 0.3) is 0 Å². The molecule has 0 aliphatic heterocycles. The maximum atomic E-state index is 9.41. The summed E-state index contributed by atoms with van der Waals surface area (Å²) in [6.45, 7) is 3.55. The molecular formula is C7H12O2. The second-order valence-corrected chi connectivity index (χ2v) is 2.90. The van der Waals surface area contributed by atoms with Gasteiger partial charge in [-0.1, -0.05) is 6.08 Å². The molecule has 0 aromatic rings.